The zero-order valence-corrected chi connectivity index (χ0v) is 14.7. The van der Waals surface area contributed by atoms with Crippen LogP contribution in [-0.2, 0) is 22.2 Å². The van der Waals surface area contributed by atoms with Crippen molar-refractivity contribution in [3.05, 3.63) is 71.6 Å². The van der Waals surface area contributed by atoms with Crippen molar-refractivity contribution >= 4 is 10.0 Å². The van der Waals surface area contributed by atoms with E-state index in [0.717, 1.165) is 16.7 Å². The minimum absolute atomic E-state index is 0.0478. The number of hydrogen-bond acceptors (Lipinski definition) is 5. The Kier molecular flexibility index (Phi) is 5.25. The van der Waals surface area contributed by atoms with Crippen LogP contribution in [0, 0.1) is 6.92 Å². The number of sulfonamides is 1. The first-order valence-corrected chi connectivity index (χ1v) is 9.58. The van der Waals surface area contributed by atoms with Crippen LogP contribution in [0.2, 0.25) is 0 Å². The molecule has 0 saturated carbocycles. The average molecular weight is 357 g/mol. The molecule has 1 aromatic heterocycles. The molecule has 0 fully saturated rings. The lowest BCUT2D eigenvalue weighted by atomic mass is 10.2. The van der Waals surface area contributed by atoms with Gasteiger partial charge in [-0.2, -0.15) is 4.98 Å². The smallest absolute Gasteiger partial charge is 0.228 e. The number of hydrogen-bond donors (Lipinski definition) is 1. The summed E-state index contributed by atoms with van der Waals surface area (Å²) in [4.78, 5) is 4.28. The average Bonchev–Trinajstić information content (AvgIpc) is 3.04. The number of aromatic nitrogens is 2. The van der Waals surface area contributed by atoms with E-state index in [2.05, 4.69) is 14.9 Å². The van der Waals surface area contributed by atoms with Crippen LogP contribution in [-0.4, -0.2) is 25.1 Å². The highest BCUT2D eigenvalue weighted by Crippen LogP contribution is 2.14. The minimum Gasteiger partial charge on any atom is -0.339 e. The molecule has 1 heterocycles. The van der Waals surface area contributed by atoms with Crippen LogP contribution in [0.5, 0.6) is 0 Å². The largest absolute Gasteiger partial charge is 0.339 e. The zero-order chi connectivity index (χ0) is 17.7. The maximum absolute atomic E-state index is 12.2. The molecule has 2 aromatic carbocycles. The molecule has 0 amide bonds. The van der Waals surface area contributed by atoms with E-state index in [4.69, 9.17) is 4.52 Å². The fraction of sp³-hybridized carbons (Fsp3) is 0.222. The molecule has 6 nitrogen and oxygen atoms in total. The Labute approximate surface area is 147 Å². The quantitative estimate of drug-likeness (QED) is 0.703. The lowest BCUT2D eigenvalue weighted by Crippen LogP contribution is -2.27. The van der Waals surface area contributed by atoms with Gasteiger partial charge in [-0.3, -0.25) is 0 Å². The topological polar surface area (TPSA) is 85.1 Å². The molecule has 1 N–H and O–H groups in total. The van der Waals surface area contributed by atoms with Crippen molar-refractivity contribution in [3.63, 3.8) is 0 Å². The van der Waals surface area contributed by atoms with Crippen LogP contribution in [0.15, 0.2) is 59.1 Å². The molecule has 0 aliphatic rings. The Morgan fingerprint density at radius 2 is 1.88 bits per heavy atom. The predicted molar refractivity (Wildman–Crippen MR) is 95.2 cm³/mol. The van der Waals surface area contributed by atoms with Gasteiger partial charge in [0.1, 0.15) is 0 Å². The van der Waals surface area contributed by atoms with Crippen LogP contribution in [0.4, 0.5) is 0 Å². The van der Waals surface area contributed by atoms with Gasteiger partial charge in [-0.05, 0) is 12.5 Å². The van der Waals surface area contributed by atoms with Crippen LogP contribution in [0.3, 0.4) is 0 Å². The molecule has 0 aliphatic carbocycles. The van der Waals surface area contributed by atoms with E-state index in [1.54, 1.807) is 6.07 Å². The fourth-order valence-corrected chi connectivity index (χ4v) is 3.58. The number of benzene rings is 2. The molecular weight excluding hydrogens is 338 g/mol. The third-order valence-electron chi connectivity index (χ3n) is 3.60. The standard InChI is InChI=1S/C18H19N3O3S/c1-14-6-5-7-15(12-14)13-25(22,23)19-11-10-17-20-18(21-24-17)16-8-3-2-4-9-16/h2-9,12,19H,10-11,13H2,1H3. The van der Waals surface area contributed by atoms with Gasteiger partial charge < -0.3 is 4.52 Å². The van der Waals surface area contributed by atoms with Gasteiger partial charge in [0, 0.05) is 18.5 Å². The Bertz CT molecular complexity index is 937. The van der Waals surface area contributed by atoms with Crippen molar-refractivity contribution in [3.8, 4) is 11.4 Å². The number of rotatable bonds is 7. The van der Waals surface area contributed by atoms with Crippen molar-refractivity contribution < 1.29 is 12.9 Å². The highest BCUT2D eigenvalue weighted by molar-refractivity contribution is 7.88. The van der Waals surface area contributed by atoms with Crippen molar-refractivity contribution in [2.45, 2.75) is 19.1 Å². The van der Waals surface area contributed by atoms with Gasteiger partial charge in [-0.1, -0.05) is 65.3 Å². The van der Waals surface area contributed by atoms with Crippen molar-refractivity contribution in [2.75, 3.05) is 6.54 Å². The monoisotopic (exact) mass is 357 g/mol. The second-order valence-corrected chi connectivity index (χ2v) is 7.58. The third-order valence-corrected chi connectivity index (χ3v) is 4.96. The van der Waals surface area contributed by atoms with Crippen molar-refractivity contribution in [1.29, 1.82) is 0 Å². The van der Waals surface area contributed by atoms with Crippen LogP contribution >= 0.6 is 0 Å². The summed E-state index contributed by atoms with van der Waals surface area (Å²) in [6.07, 6.45) is 0.340. The van der Waals surface area contributed by atoms with Crippen LogP contribution in [0.1, 0.15) is 17.0 Å². The molecule has 0 spiro atoms. The van der Waals surface area contributed by atoms with E-state index in [0.29, 0.717) is 18.1 Å². The summed E-state index contributed by atoms with van der Waals surface area (Å²) in [5, 5.41) is 3.92. The fourth-order valence-electron chi connectivity index (χ4n) is 2.45. The molecule has 0 bridgehead atoms. The van der Waals surface area contributed by atoms with Gasteiger partial charge in [0.05, 0.1) is 5.75 Å². The van der Waals surface area contributed by atoms with E-state index >= 15 is 0 Å². The molecule has 0 saturated heterocycles. The van der Waals surface area contributed by atoms with Crippen molar-refractivity contribution in [2.24, 2.45) is 0 Å². The maximum Gasteiger partial charge on any atom is 0.228 e. The van der Waals surface area contributed by atoms with Crippen LogP contribution in [0.25, 0.3) is 11.4 Å². The highest BCUT2D eigenvalue weighted by Gasteiger charge is 2.13. The van der Waals surface area contributed by atoms with E-state index in [-0.39, 0.29) is 12.3 Å². The summed E-state index contributed by atoms with van der Waals surface area (Å²) in [5.41, 5.74) is 2.65. The number of nitrogens with one attached hydrogen (secondary N) is 1. The summed E-state index contributed by atoms with van der Waals surface area (Å²) in [7, 11) is -3.41. The molecule has 3 aromatic rings. The first-order valence-electron chi connectivity index (χ1n) is 7.93. The molecule has 130 valence electrons. The summed E-state index contributed by atoms with van der Waals surface area (Å²) < 4.78 is 32.0. The highest BCUT2D eigenvalue weighted by atomic mass is 32.2. The first kappa shape index (κ1) is 17.3. The maximum atomic E-state index is 12.2. The predicted octanol–water partition coefficient (Wildman–Crippen LogP) is 2.71. The molecule has 7 heteroatoms. The van der Waals surface area contributed by atoms with Gasteiger partial charge in [-0.15, -0.1) is 0 Å². The molecule has 25 heavy (non-hydrogen) atoms. The van der Waals surface area contributed by atoms with E-state index < -0.39 is 10.0 Å². The van der Waals surface area contributed by atoms with Crippen LogP contribution < -0.4 is 4.72 Å². The Balaban J connectivity index is 1.55. The molecule has 3 rings (SSSR count). The molecular formula is C18H19N3O3S. The summed E-state index contributed by atoms with van der Waals surface area (Å²) in [6, 6.07) is 16.9. The Morgan fingerprint density at radius 3 is 2.64 bits per heavy atom. The van der Waals surface area contributed by atoms with Gasteiger partial charge in [0.25, 0.3) is 0 Å². The molecule has 0 unspecified atom stereocenters. The van der Waals surface area contributed by atoms with Gasteiger partial charge in [-0.25, -0.2) is 13.1 Å². The minimum atomic E-state index is -3.41. The molecule has 0 atom stereocenters. The molecule has 0 aliphatic heterocycles. The summed E-state index contributed by atoms with van der Waals surface area (Å²) in [5.74, 6) is 0.851. The molecule has 0 radical (unpaired) electrons. The first-order chi connectivity index (χ1) is 12.0. The number of nitrogens with zero attached hydrogens (tertiary/aromatic N) is 2. The van der Waals surface area contributed by atoms with Crippen molar-refractivity contribution in [1.82, 2.24) is 14.9 Å². The second-order valence-electron chi connectivity index (χ2n) is 5.77. The van der Waals surface area contributed by atoms with Gasteiger partial charge in [0.15, 0.2) is 0 Å². The van der Waals surface area contributed by atoms with E-state index in [9.17, 15) is 8.42 Å². The Hall–Kier alpha value is -2.51. The summed E-state index contributed by atoms with van der Waals surface area (Å²) in [6.45, 7) is 2.15. The summed E-state index contributed by atoms with van der Waals surface area (Å²) >= 11 is 0. The van der Waals surface area contributed by atoms with Gasteiger partial charge in [0.2, 0.25) is 21.7 Å². The van der Waals surface area contributed by atoms with Gasteiger partial charge >= 0.3 is 0 Å². The second kappa shape index (κ2) is 7.58. The number of aryl methyl sites for hydroxylation is 1. The van der Waals surface area contributed by atoms with E-state index in [1.165, 1.54) is 0 Å². The SMILES string of the molecule is Cc1cccc(CS(=O)(=O)NCCc2nc(-c3ccccc3)no2)c1. The Morgan fingerprint density at radius 1 is 1.08 bits per heavy atom. The zero-order valence-electron chi connectivity index (χ0n) is 13.8. The lowest BCUT2D eigenvalue weighted by molar-refractivity contribution is 0.379. The lowest BCUT2D eigenvalue weighted by Gasteiger charge is -2.06. The van der Waals surface area contributed by atoms with E-state index in [1.807, 2.05) is 55.5 Å². The third kappa shape index (κ3) is 4.98. The normalized spacial score (nSPS) is 11.6.